The SMILES string of the molecule is C[C@H](CSC(=O)c1cc([N+](=O)[O-])cc([N+](=O)[O-])c1)C(=O)OC1CC(C)(C)Oc2ccccc21. The number of nitrogens with zero attached hydrogens (tertiary/aromatic N) is 2. The summed E-state index contributed by atoms with van der Waals surface area (Å²) in [4.78, 5) is 45.6. The number of carbonyl (C=O) groups excluding carboxylic acids is 2. The van der Waals surface area contributed by atoms with Gasteiger partial charge in [-0.2, -0.15) is 0 Å². The van der Waals surface area contributed by atoms with Crippen LogP contribution in [0.5, 0.6) is 5.75 Å². The standard InChI is InChI=1S/C22H22N2O8S/c1-13(12-33-21(26)14-8-15(23(27)28)10-16(9-14)24(29)30)20(25)31-19-11-22(2,3)32-18-7-5-4-6-17(18)19/h4-10,13,19H,11-12H2,1-3H3/t13-,19?/m1/s1. The first-order valence-corrected chi connectivity index (χ1v) is 11.0. The van der Waals surface area contributed by atoms with Gasteiger partial charge in [-0.05, 0) is 19.9 Å². The molecule has 0 amide bonds. The molecular formula is C22H22N2O8S. The number of rotatable bonds is 7. The average molecular weight is 474 g/mol. The number of fused-ring (bicyclic) bond motifs is 1. The molecule has 1 unspecified atom stereocenters. The molecule has 1 aliphatic rings. The highest BCUT2D eigenvalue weighted by Gasteiger charge is 2.36. The first-order valence-electron chi connectivity index (χ1n) is 10.1. The van der Waals surface area contributed by atoms with Crippen molar-refractivity contribution < 1.29 is 28.9 Å². The van der Waals surface area contributed by atoms with Crippen molar-refractivity contribution >= 4 is 34.2 Å². The van der Waals surface area contributed by atoms with Gasteiger partial charge in [-0.25, -0.2) is 0 Å². The van der Waals surface area contributed by atoms with Gasteiger partial charge in [-0.15, -0.1) is 0 Å². The largest absolute Gasteiger partial charge is 0.487 e. The number of ether oxygens (including phenoxy) is 2. The molecule has 0 N–H and O–H groups in total. The van der Waals surface area contributed by atoms with Crippen LogP contribution in [0.25, 0.3) is 0 Å². The van der Waals surface area contributed by atoms with Gasteiger partial charge in [-0.3, -0.25) is 29.8 Å². The lowest BCUT2D eigenvalue weighted by molar-refractivity contribution is -0.394. The molecule has 174 valence electrons. The van der Waals surface area contributed by atoms with E-state index in [1.54, 1.807) is 6.92 Å². The molecule has 0 spiro atoms. The zero-order valence-electron chi connectivity index (χ0n) is 18.2. The van der Waals surface area contributed by atoms with Gasteiger partial charge in [0.05, 0.1) is 21.8 Å². The summed E-state index contributed by atoms with van der Waals surface area (Å²) in [5.74, 6) is -0.470. The number of nitro benzene ring substituents is 2. The second kappa shape index (κ2) is 9.57. The van der Waals surface area contributed by atoms with Gasteiger partial charge in [-0.1, -0.05) is 36.9 Å². The van der Waals surface area contributed by atoms with E-state index in [9.17, 15) is 29.8 Å². The molecule has 2 aromatic carbocycles. The van der Waals surface area contributed by atoms with E-state index in [4.69, 9.17) is 9.47 Å². The lowest BCUT2D eigenvalue weighted by Gasteiger charge is -2.37. The molecule has 1 heterocycles. The Morgan fingerprint density at radius 3 is 2.36 bits per heavy atom. The monoisotopic (exact) mass is 474 g/mol. The van der Waals surface area contributed by atoms with E-state index in [2.05, 4.69) is 0 Å². The second-order valence-corrected chi connectivity index (χ2v) is 9.27. The summed E-state index contributed by atoms with van der Waals surface area (Å²) in [5, 5.41) is 21.4. The number of para-hydroxylation sites is 1. The normalized spacial score (nSPS) is 17.2. The molecule has 0 bridgehead atoms. The highest BCUT2D eigenvalue weighted by atomic mass is 32.2. The van der Waals surface area contributed by atoms with Crippen molar-refractivity contribution in [2.45, 2.75) is 38.9 Å². The summed E-state index contributed by atoms with van der Waals surface area (Å²) in [6.45, 7) is 5.41. The van der Waals surface area contributed by atoms with Crippen LogP contribution in [-0.2, 0) is 9.53 Å². The van der Waals surface area contributed by atoms with Gasteiger partial charge >= 0.3 is 5.97 Å². The Morgan fingerprint density at radius 2 is 1.76 bits per heavy atom. The third-order valence-corrected chi connectivity index (χ3v) is 6.18. The third-order valence-electron chi connectivity index (χ3n) is 5.01. The van der Waals surface area contributed by atoms with Crippen molar-refractivity contribution in [1.29, 1.82) is 0 Å². The van der Waals surface area contributed by atoms with Gasteiger partial charge in [0, 0.05) is 35.4 Å². The summed E-state index contributed by atoms with van der Waals surface area (Å²) in [7, 11) is 0. The minimum Gasteiger partial charge on any atom is -0.487 e. The molecule has 0 saturated heterocycles. The molecule has 1 aliphatic heterocycles. The first-order chi connectivity index (χ1) is 15.5. The molecular weight excluding hydrogens is 452 g/mol. The van der Waals surface area contributed by atoms with Crippen LogP contribution in [0.15, 0.2) is 42.5 Å². The maximum absolute atomic E-state index is 12.7. The number of esters is 1. The van der Waals surface area contributed by atoms with Crippen LogP contribution in [0.1, 0.15) is 49.2 Å². The Kier molecular flexibility index (Phi) is 7.01. The Labute approximate surface area is 193 Å². The Morgan fingerprint density at radius 1 is 1.15 bits per heavy atom. The molecule has 0 aromatic heterocycles. The van der Waals surface area contributed by atoms with Crippen molar-refractivity contribution in [3.63, 3.8) is 0 Å². The summed E-state index contributed by atoms with van der Waals surface area (Å²) in [6, 6.07) is 10.1. The molecule has 0 radical (unpaired) electrons. The molecule has 11 heteroatoms. The van der Waals surface area contributed by atoms with E-state index in [1.807, 2.05) is 38.1 Å². The molecule has 10 nitrogen and oxygen atoms in total. The quantitative estimate of drug-likeness (QED) is 0.313. The van der Waals surface area contributed by atoms with E-state index in [1.165, 1.54) is 0 Å². The van der Waals surface area contributed by atoms with Gasteiger partial charge in [0.1, 0.15) is 17.5 Å². The first kappa shape index (κ1) is 24.2. The highest BCUT2D eigenvalue weighted by Crippen LogP contribution is 2.41. The fraction of sp³-hybridized carbons (Fsp3) is 0.364. The highest BCUT2D eigenvalue weighted by molar-refractivity contribution is 8.14. The van der Waals surface area contributed by atoms with E-state index in [-0.39, 0.29) is 11.3 Å². The zero-order chi connectivity index (χ0) is 24.3. The summed E-state index contributed by atoms with van der Waals surface area (Å²) in [5.41, 5.74) is -1.04. The predicted molar refractivity (Wildman–Crippen MR) is 120 cm³/mol. The number of benzene rings is 2. The number of non-ortho nitro benzene ring substituents is 2. The maximum Gasteiger partial charge on any atom is 0.310 e. The molecule has 2 atom stereocenters. The van der Waals surface area contributed by atoms with Crippen LogP contribution in [0, 0.1) is 26.1 Å². The fourth-order valence-electron chi connectivity index (χ4n) is 3.37. The minimum atomic E-state index is -0.804. The van der Waals surface area contributed by atoms with Crippen molar-refractivity contribution in [2.75, 3.05) is 5.75 Å². The number of hydrogen-bond acceptors (Lipinski definition) is 9. The lowest BCUT2D eigenvalue weighted by Crippen LogP contribution is -2.36. The van der Waals surface area contributed by atoms with E-state index < -0.39 is 49.9 Å². The lowest BCUT2D eigenvalue weighted by atomic mass is 9.91. The van der Waals surface area contributed by atoms with Crippen LogP contribution >= 0.6 is 11.8 Å². The van der Waals surface area contributed by atoms with Gasteiger partial charge in [0.25, 0.3) is 11.4 Å². The summed E-state index contributed by atoms with van der Waals surface area (Å²) >= 11 is 0.745. The van der Waals surface area contributed by atoms with E-state index >= 15 is 0 Å². The molecule has 0 aliphatic carbocycles. The molecule has 33 heavy (non-hydrogen) atoms. The fourth-order valence-corrected chi connectivity index (χ4v) is 4.19. The van der Waals surface area contributed by atoms with E-state index in [0.29, 0.717) is 12.2 Å². The third kappa shape index (κ3) is 5.86. The number of thioether (sulfide) groups is 1. The molecule has 3 rings (SSSR count). The van der Waals surface area contributed by atoms with Gasteiger partial charge in [0.15, 0.2) is 0 Å². The van der Waals surface area contributed by atoms with Gasteiger partial charge in [0.2, 0.25) is 5.12 Å². The summed E-state index contributed by atoms with van der Waals surface area (Å²) in [6.07, 6.45) is -0.0358. The Balaban J connectivity index is 1.66. The number of nitro groups is 2. The van der Waals surface area contributed by atoms with Crippen LogP contribution in [0.3, 0.4) is 0 Å². The summed E-state index contributed by atoms with van der Waals surface area (Å²) < 4.78 is 11.7. The van der Waals surface area contributed by atoms with Crippen LogP contribution in [-0.4, -0.2) is 32.3 Å². The van der Waals surface area contributed by atoms with E-state index in [0.717, 1.165) is 35.5 Å². The smallest absolute Gasteiger partial charge is 0.310 e. The number of hydrogen-bond donors (Lipinski definition) is 0. The minimum absolute atomic E-state index is 0.0441. The van der Waals surface area contributed by atoms with Crippen LogP contribution < -0.4 is 4.74 Å². The van der Waals surface area contributed by atoms with Crippen molar-refractivity contribution in [3.8, 4) is 5.75 Å². The molecule has 0 fully saturated rings. The van der Waals surface area contributed by atoms with Crippen molar-refractivity contribution in [1.82, 2.24) is 0 Å². The zero-order valence-corrected chi connectivity index (χ0v) is 19.0. The van der Waals surface area contributed by atoms with Gasteiger partial charge < -0.3 is 9.47 Å². The molecule has 0 saturated carbocycles. The Hall–Kier alpha value is -3.47. The molecule has 2 aromatic rings. The maximum atomic E-state index is 12.7. The topological polar surface area (TPSA) is 139 Å². The average Bonchev–Trinajstić information content (AvgIpc) is 2.75. The number of carbonyl (C=O) groups is 2. The second-order valence-electron chi connectivity index (χ2n) is 8.28. The van der Waals surface area contributed by atoms with Crippen molar-refractivity contribution in [3.05, 3.63) is 73.8 Å². The van der Waals surface area contributed by atoms with Crippen molar-refractivity contribution in [2.24, 2.45) is 5.92 Å². The predicted octanol–water partition coefficient (Wildman–Crippen LogP) is 4.86. The Bertz CT molecular complexity index is 1090. The van der Waals surface area contributed by atoms with Crippen LogP contribution in [0.2, 0.25) is 0 Å². The van der Waals surface area contributed by atoms with Crippen LogP contribution in [0.4, 0.5) is 11.4 Å².